The summed E-state index contributed by atoms with van der Waals surface area (Å²) in [6.45, 7) is 6.37. The third kappa shape index (κ3) is 3.34. The number of aryl methyl sites for hydroxylation is 1. The molecule has 2 rings (SSSR count). The van der Waals surface area contributed by atoms with E-state index in [0.717, 1.165) is 12.1 Å². The van der Waals surface area contributed by atoms with E-state index in [2.05, 4.69) is 18.9 Å². The lowest BCUT2D eigenvalue weighted by Gasteiger charge is -2.08. The molecule has 0 aliphatic carbocycles. The zero-order valence-corrected chi connectivity index (χ0v) is 11.6. The van der Waals surface area contributed by atoms with Gasteiger partial charge in [0.2, 0.25) is 0 Å². The van der Waals surface area contributed by atoms with Crippen LogP contribution in [0.4, 0.5) is 4.39 Å². The van der Waals surface area contributed by atoms with Gasteiger partial charge in [0.15, 0.2) is 0 Å². The first kappa shape index (κ1) is 13.6. The van der Waals surface area contributed by atoms with Crippen LogP contribution in [-0.2, 0) is 6.61 Å². The van der Waals surface area contributed by atoms with Crippen LogP contribution in [0.5, 0.6) is 5.75 Å². The number of ether oxygens (including phenoxy) is 1. The molecule has 0 aliphatic heterocycles. The maximum absolute atomic E-state index is 13.1. The highest BCUT2D eigenvalue weighted by Gasteiger charge is 2.06. The molecule has 4 heteroatoms. The van der Waals surface area contributed by atoms with Gasteiger partial charge in [-0.25, -0.2) is 4.39 Å². The molecule has 1 aromatic heterocycles. The lowest BCUT2D eigenvalue weighted by atomic mass is 10.2. The van der Waals surface area contributed by atoms with Crippen molar-refractivity contribution >= 4 is 0 Å². The van der Waals surface area contributed by atoms with Crippen molar-refractivity contribution in [1.29, 1.82) is 0 Å². The molecule has 3 nitrogen and oxygen atoms in total. The first-order valence-electron chi connectivity index (χ1n) is 6.53. The Kier molecular flexibility index (Phi) is 4.20. The number of aromatic nitrogens is 2. The highest BCUT2D eigenvalue weighted by molar-refractivity contribution is 5.28. The quantitative estimate of drug-likeness (QED) is 0.817. The van der Waals surface area contributed by atoms with Crippen LogP contribution in [0.25, 0.3) is 0 Å². The van der Waals surface area contributed by atoms with Crippen molar-refractivity contribution in [2.75, 3.05) is 0 Å². The molecule has 102 valence electrons. The molecule has 19 heavy (non-hydrogen) atoms. The molecule has 0 radical (unpaired) electrons. The van der Waals surface area contributed by atoms with E-state index in [9.17, 15) is 4.39 Å². The first-order chi connectivity index (χ1) is 9.10. The summed E-state index contributed by atoms with van der Waals surface area (Å²) in [6.07, 6.45) is 3.00. The van der Waals surface area contributed by atoms with Gasteiger partial charge >= 0.3 is 0 Å². The number of rotatable bonds is 5. The minimum absolute atomic E-state index is 0.214. The molecule has 0 saturated heterocycles. The Morgan fingerprint density at radius 3 is 2.84 bits per heavy atom. The second-order valence-corrected chi connectivity index (χ2v) is 4.74. The van der Waals surface area contributed by atoms with Crippen LogP contribution >= 0.6 is 0 Å². The molecule has 0 spiro atoms. The third-order valence-electron chi connectivity index (χ3n) is 3.22. The van der Waals surface area contributed by atoms with Crippen molar-refractivity contribution in [3.63, 3.8) is 0 Å². The summed E-state index contributed by atoms with van der Waals surface area (Å²) in [5.41, 5.74) is 1.46. The van der Waals surface area contributed by atoms with Gasteiger partial charge in [-0.1, -0.05) is 6.92 Å². The van der Waals surface area contributed by atoms with E-state index in [4.69, 9.17) is 4.74 Å². The summed E-state index contributed by atoms with van der Waals surface area (Å²) in [6, 6.07) is 7.08. The van der Waals surface area contributed by atoms with Crippen molar-refractivity contribution in [1.82, 2.24) is 9.78 Å². The van der Waals surface area contributed by atoms with Gasteiger partial charge in [0.05, 0.1) is 5.69 Å². The highest BCUT2D eigenvalue weighted by atomic mass is 19.1. The largest absolute Gasteiger partial charge is 0.487 e. The molecule has 0 N–H and O–H groups in total. The number of nitrogens with zero attached hydrogens (tertiary/aromatic N) is 2. The average molecular weight is 262 g/mol. The smallest absolute Gasteiger partial charge is 0.132 e. The molecule has 1 heterocycles. The second kappa shape index (κ2) is 5.87. The summed E-state index contributed by atoms with van der Waals surface area (Å²) in [5, 5.41) is 4.45. The van der Waals surface area contributed by atoms with E-state index in [1.807, 2.05) is 16.9 Å². The lowest BCUT2D eigenvalue weighted by molar-refractivity contribution is 0.297. The Hall–Kier alpha value is -1.84. The Labute approximate surface area is 113 Å². The second-order valence-electron chi connectivity index (χ2n) is 4.74. The van der Waals surface area contributed by atoms with E-state index in [0.29, 0.717) is 24.0 Å². The normalized spacial score (nSPS) is 12.4. The van der Waals surface area contributed by atoms with Crippen molar-refractivity contribution in [3.8, 4) is 5.75 Å². The van der Waals surface area contributed by atoms with Crippen LogP contribution in [0.3, 0.4) is 0 Å². The fourth-order valence-electron chi connectivity index (χ4n) is 1.75. The van der Waals surface area contributed by atoms with Crippen molar-refractivity contribution in [2.45, 2.75) is 39.8 Å². The Morgan fingerprint density at radius 1 is 1.37 bits per heavy atom. The molecule has 0 saturated carbocycles. The molecule has 2 aromatic rings. The van der Waals surface area contributed by atoms with Gasteiger partial charge in [0.25, 0.3) is 0 Å². The van der Waals surface area contributed by atoms with Gasteiger partial charge in [-0.05, 0) is 50.1 Å². The molecule has 0 aliphatic rings. The zero-order valence-electron chi connectivity index (χ0n) is 11.6. The van der Waals surface area contributed by atoms with E-state index >= 15 is 0 Å². The van der Waals surface area contributed by atoms with Crippen LogP contribution < -0.4 is 4.74 Å². The molecule has 0 amide bonds. The van der Waals surface area contributed by atoms with Gasteiger partial charge in [0.1, 0.15) is 18.2 Å². The summed E-state index contributed by atoms with van der Waals surface area (Å²) < 4.78 is 20.7. The van der Waals surface area contributed by atoms with Crippen LogP contribution in [0.15, 0.2) is 30.5 Å². The standard InChI is InChI=1S/C15H19FN2O/c1-4-12(3)18-8-7-13(17-18)10-19-14-5-6-15(16)11(2)9-14/h5-9,12H,4,10H2,1-3H3. The fraction of sp³-hybridized carbons (Fsp3) is 0.400. The van der Waals surface area contributed by atoms with E-state index in [1.165, 1.54) is 6.07 Å². The zero-order chi connectivity index (χ0) is 13.8. The number of hydrogen-bond donors (Lipinski definition) is 0. The van der Waals surface area contributed by atoms with E-state index in [1.54, 1.807) is 19.1 Å². The maximum atomic E-state index is 13.1. The SMILES string of the molecule is CCC(C)n1ccc(COc2ccc(F)c(C)c2)n1. The van der Waals surface area contributed by atoms with Crippen molar-refractivity contribution in [2.24, 2.45) is 0 Å². The molecular weight excluding hydrogens is 243 g/mol. The van der Waals surface area contributed by atoms with Gasteiger partial charge in [-0.15, -0.1) is 0 Å². The van der Waals surface area contributed by atoms with Crippen LogP contribution in [0.1, 0.15) is 37.6 Å². The summed E-state index contributed by atoms with van der Waals surface area (Å²) in [5.74, 6) is 0.449. The fourth-order valence-corrected chi connectivity index (χ4v) is 1.75. The van der Waals surface area contributed by atoms with E-state index < -0.39 is 0 Å². The van der Waals surface area contributed by atoms with Gasteiger partial charge in [-0.2, -0.15) is 5.10 Å². The molecule has 1 aromatic carbocycles. The maximum Gasteiger partial charge on any atom is 0.132 e. The Morgan fingerprint density at radius 2 is 2.16 bits per heavy atom. The predicted octanol–water partition coefficient (Wildman–Crippen LogP) is 3.88. The molecule has 0 fully saturated rings. The average Bonchev–Trinajstić information content (AvgIpc) is 2.88. The van der Waals surface area contributed by atoms with Crippen molar-refractivity contribution < 1.29 is 9.13 Å². The lowest BCUT2D eigenvalue weighted by Crippen LogP contribution is -2.05. The minimum Gasteiger partial charge on any atom is -0.487 e. The van der Waals surface area contributed by atoms with Crippen LogP contribution in [0.2, 0.25) is 0 Å². The number of halogens is 1. The van der Waals surface area contributed by atoms with Gasteiger partial charge < -0.3 is 4.74 Å². The van der Waals surface area contributed by atoms with Crippen molar-refractivity contribution in [3.05, 3.63) is 47.5 Å². The Balaban J connectivity index is 1.98. The molecule has 1 unspecified atom stereocenters. The topological polar surface area (TPSA) is 27.1 Å². The van der Waals surface area contributed by atoms with E-state index in [-0.39, 0.29) is 5.82 Å². The first-order valence-corrected chi connectivity index (χ1v) is 6.53. The third-order valence-corrected chi connectivity index (χ3v) is 3.22. The highest BCUT2D eigenvalue weighted by Crippen LogP contribution is 2.17. The minimum atomic E-state index is -0.214. The molecular formula is C15H19FN2O. The summed E-state index contributed by atoms with van der Waals surface area (Å²) in [4.78, 5) is 0. The van der Waals surface area contributed by atoms with Gasteiger partial charge in [0, 0.05) is 12.2 Å². The van der Waals surface area contributed by atoms with Gasteiger partial charge in [-0.3, -0.25) is 4.68 Å². The number of benzene rings is 1. The monoisotopic (exact) mass is 262 g/mol. The number of hydrogen-bond acceptors (Lipinski definition) is 2. The molecule has 0 bridgehead atoms. The predicted molar refractivity (Wildman–Crippen MR) is 72.7 cm³/mol. The Bertz CT molecular complexity index is 551. The van der Waals surface area contributed by atoms with Crippen LogP contribution in [-0.4, -0.2) is 9.78 Å². The summed E-state index contributed by atoms with van der Waals surface area (Å²) in [7, 11) is 0. The summed E-state index contributed by atoms with van der Waals surface area (Å²) >= 11 is 0. The molecule has 1 atom stereocenters. The van der Waals surface area contributed by atoms with Crippen LogP contribution in [0, 0.1) is 12.7 Å².